The Morgan fingerprint density at radius 3 is 2.81 bits per heavy atom. The normalized spacial score (nSPS) is 15.7. The fourth-order valence-electron chi connectivity index (χ4n) is 1.59. The van der Waals surface area contributed by atoms with Crippen molar-refractivity contribution in [2.24, 2.45) is 0 Å². The van der Waals surface area contributed by atoms with Crippen molar-refractivity contribution in [3.05, 3.63) is 30.1 Å². The van der Waals surface area contributed by atoms with Crippen LogP contribution in [-0.4, -0.2) is 39.2 Å². The van der Waals surface area contributed by atoms with E-state index in [1.54, 1.807) is 36.4 Å². The Morgan fingerprint density at radius 1 is 1.50 bits per heavy atom. The van der Waals surface area contributed by atoms with E-state index in [0.717, 1.165) is 0 Å². The molecule has 0 bridgehead atoms. The second kappa shape index (κ2) is 4.65. The number of likely N-dealkylation sites (tertiary alicyclic amines) is 1. The van der Waals surface area contributed by atoms with Gasteiger partial charge in [-0.2, -0.15) is 0 Å². The van der Waals surface area contributed by atoms with Gasteiger partial charge in [-0.3, -0.25) is 14.6 Å². The molecule has 0 aliphatic carbocycles. The molecule has 0 N–H and O–H groups in total. The van der Waals surface area contributed by atoms with Crippen molar-refractivity contribution < 1.29 is 9.59 Å². The molecule has 0 aromatic carbocycles. The molecule has 1 amide bonds. The van der Waals surface area contributed by atoms with Gasteiger partial charge in [-0.05, 0) is 12.1 Å². The van der Waals surface area contributed by atoms with Gasteiger partial charge in [0.1, 0.15) is 0 Å². The molecule has 0 spiro atoms. The summed E-state index contributed by atoms with van der Waals surface area (Å²) in [5.41, 5.74) is 0.605. The van der Waals surface area contributed by atoms with Gasteiger partial charge in [-0.25, -0.2) is 0 Å². The van der Waals surface area contributed by atoms with Crippen LogP contribution < -0.4 is 0 Å². The predicted molar refractivity (Wildman–Crippen MR) is 62.2 cm³/mol. The molecule has 4 nitrogen and oxygen atoms in total. The summed E-state index contributed by atoms with van der Waals surface area (Å²) in [5, 5.41) is 0.372. The van der Waals surface area contributed by atoms with E-state index in [9.17, 15) is 9.59 Å². The van der Waals surface area contributed by atoms with Crippen LogP contribution in [0.3, 0.4) is 0 Å². The van der Waals surface area contributed by atoms with Crippen LogP contribution in [0.15, 0.2) is 24.5 Å². The number of nitrogens with zero attached hydrogens (tertiary/aromatic N) is 2. The number of carbonyl (C=O) groups is 2. The molecule has 0 atom stereocenters. The number of amides is 1. The zero-order chi connectivity index (χ0) is 11.5. The van der Waals surface area contributed by atoms with Gasteiger partial charge in [-0.1, -0.05) is 11.8 Å². The maximum atomic E-state index is 11.9. The average molecular weight is 236 g/mol. The van der Waals surface area contributed by atoms with Crippen molar-refractivity contribution in [2.45, 2.75) is 12.2 Å². The first-order valence-electron chi connectivity index (χ1n) is 5.03. The van der Waals surface area contributed by atoms with Gasteiger partial charge in [0.15, 0.2) is 5.12 Å². The van der Waals surface area contributed by atoms with Crippen molar-refractivity contribution in [3.8, 4) is 0 Å². The first kappa shape index (κ1) is 11.1. The lowest BCUT2D eigenvalue weighted by molar-refractivity contribution is -0.109. The van der Waals surface area contributed by atoms with Crippen LogP contribution >= 0.6 is 11.8 Å². The summed E-state index contributed by atoms with van der Waals surface area (Å²) < 4.78 is 0. The zero-order valence-corrected chi connectivity index (χ0v) is 9.74. The molecule has 1 aliphatic rings. The number of aromatic nitrogens is 1. The standard InChI is InChI=1S/C11H12N2O2S/c1-8(14)16-10-6-13(7-10)11(15)9-3-2-4-12-5-9/h2-5,10H,6-7H2,1H3. The highest BCUT2D eigenvalue weighted by Crippen LogP contribution is 2.24. The molecule has 16 heavy (non-hydrogen) atoms. The Hall–Kier alpha value is -1.36. The Kier molecular flexibility index (Phi) is 3.24. The summed E-state index contributed by atoms with van der Waals surface area (Å²) in [5.74, 6) is -0.00602. The number of pyridine rings is 1. The Morgan fingerprint density at radius 2 is 2.25 bits per heavy atom. The molecular weight excluding hydrogens is 224 g/mol. The molecule has 0 radical (unpaired) electrons. The molecule has 2 heterocycles. The molecule has 1 fully saturated rings. The Balaban J connectivity index is 1.88. The average Bonchev–Trinajstić information content (AvgIpc) is 2.23. The molecule has 1 aliphatic heterocycles. The first-order chi connectivity index (χ1) is 7.66. The summed E-state index contributed by atoms with van der Waals surface area (Å²) in [6, 6.07) is 3.50. The summed E-state index contributed by atoms with van der Waals surface area (Å²) in [4.78, 5) is 28.3. The summed E-state index contributed by atoms with van der Waals surface area (Å²) >= 11 is 1.31. The van der Waals surface area contributed by atoms with E-state index in [0.29, 0.717) is 18.7 Å². The van der Waals surface area contributed by atoms with Crippen molar-refractivity contribution in [2.75, 3.05) is 13.1 Å². The fourth-order valence-corrected chi connectivity index (χ4v) is 2.56. The summed E-state index contributed by atoms with van der Waals surface area (Å²) in [7, 11) is 0. The SMILES string of the molecule is CC(=O)SC1CN(C(=O)c2cccnc2)C1. The zero-order valence-electron chi connectivity index (χ0n) is 8.92. The third-order valence-electron chi connectivity index (χ3n) is 2.38. The molecule has 1 aromatic heterocycles. The highest BCUT2D eigenvalue weighted by atomic mass is 32.2. The van der Waals surface area contributed by atoms with E-state index in [1.165, 1.54) is 11.8 Å². The van der Waals surface area contributed by atoms with E-state index in [4.69, 9.17) is 0 Å². The molecule has 2 rings (SSSR count). The highest BCUT2D eigenvalue weighted by molar-refractivity contribution is 8.14. The molecule has 5 heteroatoms. The molecule has 0 saturated carbocycles. The van der Waals surface area contributed by atoms with Gasteiger partial charge in [-0.15, -0.1) is 0 Å². The van der Waals surface area contributed by atoms with E-state index < -0.39 is 0 Å². The summed E-state index contributed by atoms with van der Waals surface area (Å²) in [6.07, 6.45) is 3.20. The van der Waals surface area contributed by atoms with Gasteiger partial charge in [0.2, 0.25) is 0 Å². The third kappa shape index (κ3) is 2.41. The second-order valence-electron chi connectivity index (χ2n) is 3.68. The van der Waals surface area contributed by atoms with Crippen molar-refractivity contribution in [1.29, 1.82) is 0 Å². The predicted octanol–water partition coefficient (Wildman–Crippen LogP) is 1.19. The largest absolute Gasteiger partial charge is 0.336 e. The monoisotopic (exact) mass is 236 g/mol. The molecule has 1 saturated heterocycles. The Labute approximate surface area is 98.0 Å². The van der Waals surface area contributed by atoms with Gasteiger partial charge < -0.3 is 4.90 Å². The van der Waals surface area contributed by atoms with E-state index >= 15 is 0 Å². The number of hydrogen-bond donors (Lipinski definition) is 0. The fraction of sp³-hybridized carbons (Fsp3) is 0.364. The molecule has 0 unspecified atom stereocenters. The molecular formula is C11H12N2O2S. The van der Waals surface area contributed by atoms with Crippen LogP contribution in [0.5, 0.6) is 0 Å². The maximum absolute atomic E-state index is 11.9. The van der Waals surface area contributed by atoms with Crippen LogP contribution in [0.1, 0.15) is 17.3 Å². The van der Waals surface area contributed by atoms with Crippen LogP contribution in [0.25, 0.3) is 0 Å². The summed E-state index contributed by atoms with van der Waals surface area (Å²) in [6.45, 7) is 2.85. The molecule has 84 valence electrons. The van der Waals surface area contributed by atoms with Crippen molar-refractivity contribution >= 4 is 22.8 Å². The van der Waals surface area contributed by atoms with Crippen molar-refractivity contribution in [1.82, 2.24) is 9.88 Å². The number of hydrogen-bond acceptors (Lipinski definition) is 4. The number of carbonyl (C=O) groups excluding carboxylic acids is 2. The third-order valence-corrected chi connectivity index (χ3v) is 3.34. The van der Waals surface area contributed by atoms with Crippen LogP contribution in [0.4, 0.5) is 0 Å². The number of rotatable bonds is 2. The van der Waals surface area contributed by atoms with Gasteiger partial charge in [0, 0.05) is 37.7 Å². The minimum absolute atomic E-state index is 0.00602. The van der Waals surface area contributed by atoms with Crippen LogP contribution in [-0.2, 0) is 4.79 Å². The van der Waals surface area contributed by atoms with Gasteiger partial charge in [0.05, 0.1) is 5.56 Å². The maximum Gasteiger partial charge on any atom is 0.255 e. The topological polar surface area (TPSA) is 50.3 Å². The van der Waals surface area contributed by atoms with Crippen LogP contribution in [0.2, 0.25) is 0 Å². The highest BCUT2D eigenvalue weighted by Gasteiger charge is 2.32. The minimum atomic E-state index is -0.00602. The lowest BCUT2D eigenvalue weighted by Gasteiger charge is -2.38. The van der Waals surface area contributed by atoms with Gasteiger partial charge >= 0.3 is 0 Å². The minimum Gasteiger partial charge on any atom is -0.336 e. The second-order valence-corrected chi connectivity index (χ2v) is 5.16. The quantitative estimate of drug-likeness (QED) is 0.774. The smallest absolute Gasteiger partial charge is 0.255 e. The van der Waals surface area contributed by atoms with E-state index in [2.05, 4.69) is 4.98 Å². The number of thioether (sulfide) groups is 1. The first-order valence-corrected chi connectivity index (χ1v) is 5.91. The van der Waals surface area contributed by atoms with Crippen LogP contribution in [0, 0.1) is 0 Å². The van der Waals surface area contributed by atoms with Crippen molar-refractivity contribution in [3.63, 3.8) is 0 Å². The molecule has 1 aromatic rings. The van der Waals surface area contributed by atoms with E-state index in [-0.39, 0.29) is 16.3 Å². The lowest BCUT2D eigenvalue weighted by Crippen LogP contribution is -2.52. The Bertz CT molecular complexity index is 402. The van der Waals surface area contributed by atoms with E-state index in [1.807, 2.05) is 0 Å². The van der Waals surface area contributed by atoms with Gasteiger partial charge in [0.25, 0.3) is 5.91 Å². The lowest BCUT2D eigenvalue weighted by atomic mass is 10.1.